The van der Waals surface area contributed by atoms with Crippen molar-refractivity contribution in [3.63, 3.8) is 0 Å². The lowest BCUT2D eigenvalue weighted by Crippen LogP contribution is -2.05. The Morgan fingerprint density at radius 2 is 1.89 bits per heavy atom. The third kappa shape index (κ3) is 3.15. The molecule has 0 aliphatic rings. The van der Waals surface area contributed by atoms with Crippen molar-refractivity contribution >= 4 is 52.7 Å². The average Bonchev–Trinajstić information content (AvgIpc) is 2.34. The van der Waals surface area contributed by atoms with Gasteiger partial charge in [0.05, 0.1) is 5.69 Å². The van der Waals surface area contributed by atoms with Crippen molar-refractivity contribution in [2.24, 2.45) is 4.99 Å². The van der Waals surface area contributed by atoms with E-state index in [-0.39, 0.29) is 5.75 Å². The number of halogens is 2. The van der Waals surface area contributed by atoms with Crippen LogP contribution in [0.1, 0.15) is 5.56 Å². The summed E-state index contributed by atoms with van der Waals surface area (Å²) in [7, 11) is 5.65. The second-order valence-corrected chi connectivity index (χ2v) is 5.02. The maximum Gasteiger partial charge on any atom is 0.119 e. The lowest BCUT2D eigenvalue weighted by atomic mass is 9.93. The maximum absolute atomic E-state index is 9.79. The van der Waals surface area contributed by atoms with Crippen LogP contribution in [0.25, 0.3) is 0 Å². The molecule has 0 fully saturated rings. The third-order valence-corrected chi connectivity index (χ3v) is 3.02. The molecule has 0 saturated carbocycles. The number of aromatic hydroxyl groups is 1. The predicted octanol–water partition coefficient (Wildman–Crippen LogP) is 3.35. The van der Waals surface area contributed by atoms with Gasteiger partial charge in [0, 0.05) is 21.3 Å². The van der Waals surface area contributed by atoms with E-state index in [4.69, 9.17) is 19.4 Å². The second-order valence-electron chi connectivity index (χ2n) is 3.67. The lowest BCUT2D eigenvalue weighted by Gasteiger charge is -2.04. The fourth-order valence-electron chi connectivity index (χ4n) is 1.41. The van der Waals surface area contributed by atoms with Gasteiger partial charge in [0.2, 0.25) is 0 Å². The van der Waals surface area contributed by atoms with Crippen molar-refractivity contribution < 1.29 is 5.11 Å². The molecule has 88 valence electrons. The van der Waals surface area contributed by atoms with E-state index in [0.29, 0.717) is 16.0 Å². The molecule has 2 aromatic carbocycles. The molecule has 0 atom stereocenters. The molecule has 2 rings (SSSR count). The number of nitrogens with zero attached hydrogens (tertiary/aromatic N) is 1. The zero-order chi connectivity index (χ0) is 13.1. The molecule has 0 unspecified atom stereocenters. The van der Waals surface area contributed by atoms with Crippen molar-refractivity contribution in [3.8, 4) is 5.75 Å². The minimum Gasteiger partial charge on any atom is -0.508 e. The van der Waals surface area contributed by atoms with E-state index in [1.54, 1.807) is 42.6 Å². The fourth-order valence-corrected chi connectivity index (χ4v) is 2.03. The van der Waals surface area contributed by atoms with Crippen molar-refractivity contribution in [1.82, 2.24) is 0 Å². The Bertz CT molecular complexity index is 599. The van der Waals surface area contributed by atoms with Crippen LogP contribution >= 0.6 is 27.5 Å². The number of rotatable bonds is 2. The molecule has 5 heteroatoms. The SMILES string of the molecule is [B]c1cc(Br)cc(C=Nc2ccc(Cl)cc2)c1O. The van der Waals surface area contributed by atoms with E-state index in [0.717, 1.165) is 10.2 Å². The molecule has 0 heterocycles. The first-order valence-electron chi connectivity index (χ1n) is 5.14. The topological polar surface area (TPSA) is 32.6 Å². The largest absolute Gasteiger partial charge is 0.508 e. The van der Waals surface area contributed by atoms with E-state index >= 15 is 0 Å². The number of hydrogen-bond donors (Lipinski definition) is 1. The Hall–Kier alpha value is -1.26. The molecule has 0 amide bonds. The zero-order valence-corrected chi connectivity index (χ0v) is 11.6. The number of phenols is 1. The fraction of sp³-hybridized carbons (Fsp3) is 0. The van der Waals surface area contributed by atoms with Gasteiger partial charge in [-0.15, -0.1) is 0 Å². The Morgan fingerprint density at radius 1 is 1.22 bits per heavy atom. The van der Waals surface area contributed by atoms with E-state index in [1.807, 2.05) is 0 Å². The third-order valence-electron chi connectivity index (χ3n) is 2.31. The van der Waals surface area contributed by atoms with Crippen LogP contribution in [-0.4, -0.2) is 19.2 Å². The van der Waals surface area contributed by atoms with Crippen LogP contribution in [0.5, 0.6) is 5.75 Å². The van der Waals surface area contributed by atoms with Gasteiger partial charge in [-0.2, -0.15) is 0 Å². The average molecular weight is 320 g/mol. The predicted molar refractivity (Wildman–Crippen MR) is 79.9 cm³/mol. The highest BCUT2D eigenvalue weighted by Crippen LogP contribution is 2.20. The van der Waals surface area contributed by atoms with Crippen LogP contribution < -0.4 is 5.46 Å². The van der Waals surface area contributed by atoms with Gasteiger partial charge in [-0.1, -0.05) is 39.1 Å². The second kappa shape index (κ2) is 5.59. The molecule has 2 aromatic rings. The molecule has 1 N–H and O–H groups in total. The zero-order valence-electron chi connectivity index (χ0n) is 9.27. The lowest BCUT2D eigenvalue weighted by molar-refractivity contribution is 0.478. The summed E-state index contributed by atoms with van der Waals surface area (Å²) in [6, 6.07) is 10.5. The van der Waals surface area contributed by atoms with Crippen LogP contribution in [0, 0.1) is 0 Å². The normalized spacial score (nSPS) is 11.0. The summed E-state index contributed by atoms with van der Waals surface area (Å²) < 4.78 is 0.787. The summed E-state index contributed by atoms with van der Waals surface area (Å²) in [4.78, 5) is 4.24. The van der Waals surface area contributed by atoms with Gasteiger partial charge in [-0.25, -0.2) is 0 Å². The molecular formula is C13H8BBrClNO. The van der Waals surface area contributed by atoms with Gasteiger partial charge in [0.25, 0.3) is 0 Å². The van der Waals surface area contributed by atoms with Crippen molar-refractivity contribution in [3.05, 3.63) is 51.5 Å². The molecule has 0 aliphatic heterocycles. The quantitative estimate of drug-likeness (QED) is 0.668. The van der Waals surface area contributed by atoms with Gasteiger partial charge in [-0.3, -0.25) is 4.99 Å². The first-order chi connectivity index (χ1) is 8.56. The minimum atomic E-state index is 0.0240. The number of hydrogen-bond acceptors (Lipinski definition) is 2. The summed E-state index contributed by atoms with van der Waals surface area (Å²) in [5, 5.41) is 10.4. The molecule has 0 saturated heterocycles. The summed E-state index contributed by atoms with van der Waals surface area (Å²) in [5.41, 5.74) is 1.61. The Morgan fingerprint density at radius 3 is 2.56 bits per heavy atom. The highest BCUT2D eigenvalue weighted by molar-refractivity contribution is 9.10. The van der Waals surface area contributed by atoms with Crippen LogP contribution in [0.4, 0.5) is 5.69 Å². The number of phenolic OH excluding ortho intramolecular Hbond substituents is 1. The molecule has 0 aromatic heterocycles. The van der Waals surface area contributed by atoms with Crippen LogP contribution in [0.15, 0.2) is 45.9 Å². The summed E-state index contributed by atoms with van der Waals surface area (Å²) in [6.45, 7) is 0. The van der Waals surface area contributed by atoms with Crippen molar-refractivity contribution in [1.29, 1.82) is 0 Å². The Kier molecular flexibility index (Phi) is 4.09. The van der Waals surface area contributed by atoms with Crippen LogP contribution in [0.2, 0.25) is 5.02 Å². The maximum atomic E-state index is 9.79. The molecule has 2 nitrogen and oxygen atoms in total. The van der Waals surface area contributed by atoms with Crippen molar-refractivity contribution in [2.45, 2.75) is 0 Å². The highest BCUT2D eigenvalue weighted by atomic mass is 79.9. The first kappa shape index (κ1) is 13.2. The van der Waals surface area contributed by atoms with Gasteiger partial charge < -0.3 is 5.11 Å². The molecule has 2 radical (unpaired) electrons. The summed E-state index contributed by atoms with van der Waals surface area (Å²) >= 11 is 9.09. The molecule has 18 heavy (non-hydrogen) atoms. The van der Waals surface area contributed by atoms with Gasteiger partial charge >= 0.3 is 0 Å². The standard InChI is InChI=1S/C13H8BBrClNO/c14-12-6-9(15)5-8(13(12)18)7-17-11-3-1-10(16)2-4-11/h1-7,18H. The molecule has 0 spiro atoms. The van der Waals surface area contributed by atoms with E-state index in [1.165, 1.54) is 0 Å². The molecule has 0 bridgehead atoms. The summed E-state index contributed by atoms with van der Waals surface area (Å²) in [5.74, 6) is 0.0240. The summed E-state index contributed by atoms with van der Waals surface area (Å²) in [6.07, 6.45) is 1.56. The number of aliphatic imine (C=N–C) groups is 1. The van der Waals surface area contributed by atoms with Crippen molar-refractivity contribution in [2.75, 3.05) is 0 Å². The van der Waals surface area contributed by atoms with Gasteiger partial charge in [-0.05, 0) is 30.3 Å². The Balaban J connectivity index is 2.31. The minimum absolute atomic E-state index is 0.0240. The highest BCUT2D eigenvalue weighted by Gasteiger charge is 2.03. The van der Waals surface area contributed by atoms with E-state index in [9.17, 15) is 5.11 Å². The number of benzene rings is 2. The van der Waals surface area contributed by atoms with E-state index < -0.39 is 0 Å². The van der Waals surface area contributed by atoms with Gasteiger partial charge in [0.15, 0.2) is 0 Å². The Labute approximate surface area is 120 Å². The monoisotopic (exact) mass is 319 g/mol. The van der Waals surface area contributed by atoms with Crippen LogP contribution in [-0.2, 0) is 0 Å². The first-order valence-corrected chi connectivity index (χ1v) is 6.31. The smallest absolute Gasteiger partial charge is 0.119 e. The molecule has 0 aliphatic carbocycles. The van der Waals surface area contributed by atoms with Crippen LogP contribution in [0.3, 0.4) is 0 Å². The van der Waals surface area contributed by atoms with E-state index in [2.05, 4.69) is 20.9 Å². The molecular weight excluding hydrogens is 312 g/mol. The van der Waals surface area contributed by atoms with Gasteiger partial charge in [0.1, 0.15) is 13.6 Å².